The first kappa shape index (κ1) is 14.1. The fourth-order valence-corrected chi connectivity index (χ4v) is 6.09. The standard InChI is InChI=1S/C16H17N3O2S2/c20-23(21,18-12-7-16(8-12)10-15(16)5-6-15)13-3-1-11(2-4-13)14-9-22-19-17-14/h1-4,9,12,18H,5-8,10H2. The van der Waals surface area contributed by atoms with E-state index in [9.17, 15) is 8.42 Å². The molecule has 1 aromatic carbocycles. The highest BCUT2D eigenvalue weighted by Crippen LogP contribution is 2.85. The van der Waals surface area contributed by atoms with Crippen LogP contribution in [0.15, 0.2) is 34.5 Å². The Hall–Kier alpha value is -1.31. The van der Waals surface area contributed by atoms with Gasteiger partial charge in [-0.2, -0.15) is 0 Å². The van der Waals surface area contributed by atoms with E-state index in [1.54, 1.807) is 24.3 Å². The normalized spacial score (nSPS) is 30.3. The van der Waals surface area contributed by atoms with E-state index in [0.717, 1.165) is 24.1 Å². The maximum absolute atomic E-state index is 12.5. The monoisotopic (exact) mass is 347 g/mol. The van der Waals surface area contributed by atoms with Gasteiger partial charge in [0.15, 0.2) is 0 Å². The zero-order valence-corrected chi connectivity index (χ0v) is 14.2. The first-order valence-electron chi connectivity index (χ1n) is 7.92. The maximum Gasteiger partial charge on any atom is 0.240 e. The molecule has 120 valence electrons. The van der Waals surface area contributed by atoms with Gasteiger partial charge < -0.3 is 0 Å². The number of rotatable bonds is 4. The average molecular weight is 347 g/mol. The van der Waals surface area contributed by atoms with Crippen molar-refractivity contribution in [2.75, 3.05) is 0 Å². The zero-order valence-electron chi connectivity index (χ0n) is 12.5. The molecule has 5 nitrogen and oxygen atoms in total. The van der Waals surface area contributed by atoms with Gasteiger partial charge in [-0.1, -0.05) is 16.6 Å². The number of fused-ring (bicyclic) bond motifs is 1. The summed E-state index contributed by atoms with van der Waals surface area (Å²) >= 11 is 1.28. The van der Waals surface area contributed by atoms with E-state index in [4.69, 9.17) is 0 Å². The highest BCUT2D eigenvalue weighted by molar-refractivity contribution is 7.89. The summed E-state index contributed by atoms with van der Waals surface area (Å²) in [6.07, 6.45) is 6.09. The summed E-state index contributed by atoms with van der Waals surface area (Å²) in [6, 6.07) is 6.97. The molecule has 0 amide bonds. The van der Waals surface area contributed by atoms with Crippen LogP contribution in [-0.4, -0.2) is 24.0 Å². The van der Waals surface area contributed by atoms with Gasteiger partial charge in [0.25, 0.3) is 0 Å². The SMILES string of the molecule is O=S(=O)(NC1CC2(C1)CC21CC1)c1ccc(-c2csnn2)cc1. The molecule has 2 spiro atoms. The Morgan fingerprint density at radius 1 is 1.13 bits per heavy atom. The van der Waals surface area contributed by atoms with Crippen molar-refractivity contribution in [3.8, 4) is 11.3 Å². The Labute approximate surface area is 139 Å². The zero-order chi connectivity index (χ0) is 15.7. The maximum atomic E-state index is 12.5. The van der Waals surface area contributed by atoms with E-state index in [2.05, 4.69) is 14.3 Å². The van der Waals surface area contributed by atoms with Crippen LogP contribution in [0.3, 0.4) is 0 Å². The highest BCUT2D eigenvalue weighted by Gasteiger charge is 2.77. The van der Waals surface area contributed by atoms with Crippen molar-refractivity contribution in [2.45, 2.75) is 43.0 Å². The number of sulfonamides is 1. The van der Waals surface area contributed by atoms with Gasteiger partial charge in [-0.05, 0) is 66.6 Å². The molecule has 3 saturated carbocycles. The van der Waals surface area contributed by atoms with Crippen LogP contribution in [-0.2, 0) is 10.0 Å². The van der Waals surface area contributed by atoms with Crippen molar-refractivity contribution >= 4 is 21.6 Å². The van der Waals surface area contributed by atoms with E-state index in [1.807, 2.05) is 5.38 Å². The molecule has 23 heavy (non-hydrogen) atoms. The molecule has 0 bridgehead atoms. The summed E-state index contributed by atoms with van der Waals surface area (Å²) in [5, 5.41) is 5.84. The van der Waals surface area contributed by atoms with Crippen LogP contribution in [0, 0.1) is 10.8 Å². The molecule has 1 aromatic heterocycles. The van der Waals surface area contributed by atoms with Gasteiger partial charge in [0.1, 0.15) is 5.69 Å². The van der Waals surface area contributed by atoms with Crippen molar-refractivity contribution in [2.24, 2.45) is 10.8 Å². The second kappa shape index (κ2) is 4.40. The van der Waals surface area contributed by atoms with Gasteiger partial charge in [0, 0.05) is 17.0 Å². The van der Waals surface area contributed by atoms with Crippen LogP contribution in [0.25, 0.3) is 11.3 Å². The molecule has 3 aliphatic rings. The topological polar surface area (TPSA) is 72.0 Å². The third kappa shape index (κ3) is 2.10. The highest BCUT2D eigenvalue weighted by atomic mass is 32.2. The Morgan fingerprint density at radius 3 is 2.43 bits per heavy atom. The smallest absolute Gasteiger partial charge is 0.208 e. The molecular weight excluding hydrogens is 330 g/mol. The summed E-state index contributed by atoms with van der Waals surface area (Å²) < 4.78 is 31.7. The van der Waals surface area contributed by atoms with Crippen LogP contribution < -0.4 is 4.72 Å². The minimum atomic E-state index is -3.43. The number of nitrogens with one attached hydrogen (secondary N) is 1. The molecule has 3 fully saturated rings. The Kier molecular flexibility index (Phi) is 2.69. The van der Waals surface area contributed by atoms with Crippen molar-refractivity contribution in [1.29, 1.82) is 0 Å². The van der Waals surface area contributed by atoms with Gasteiger partial charge >= 0.3 is 0 Å². The van der Waals surface area contributed by atoms with Gasteiger partial charge in [-0.3, -0.25) is 0 Å². The van der Waals surface area contributed by atoms with Crippen LogP contribution in [0.2, 0.25) is 0 Å². The average Bonchev–Trinajstić information content (AvgIpc) is 3.33. The number of nitrogens with zero attached hydrogens (tertiary/aromatic N) is 2. The first-order valence-corrected chi connectivity index (χ1v) is 10.2. The van der Waals surface area contributed by atoms with E-state index >= 15 is 0 Å². The van der Waals surface area contributed by atoms with Crippen LogP contribution in [0.4, 0.5) is 0 Å². The van der Waals surface area contributed by atoms with Gasteiger partial charge in [-0.15, -0.1) is 5.10 Å². The van der Waals surface area contributed by atoms with Crippen LogP contribution >= 0.6 is 11.5 Å². The van der Waals surface area contributed by atoms with E-state index < -0.39 is 10.0 Å². The summed E-state index contributed by atoms with van der Waals surface area (Å²) in [5.74, 6) is 0. The molecule has 1 N–H and O–H groups in total. The van der Waals surface area contributed by atoms with Crippen molar-refractivity contribution in [1.82, 2.24) is 14.3 Å². The fraction of sp³-hybridized carbons (Fsp3) is 0.500. The number of hydrogen-bond donors (Lipinski definition) is 1. The summed E-state index contributed by atoms with van der Waals surface area (Å²) in [7, 11) is -3.43. The Morgan fingerprint density at radius 2 is 1.87 bits per heavy atom. The molecule has 0 radical (unpaired) electrons. The van der Waals surface area contributed by atoms with Crippen molar-refractivity contribution in [3.63, 3.8) is 0 Å². The molecule has 0 saturated heterocycles. The molecule has 5 rings (SSSR count). The molecule has 0 aliphatic heterocycles. The second-order valence-corrected chi connectivity index (χ2v) is 9.60. The van der Waals surface area contributed by atoms with E-state index in [1.165, 1.54) is 30.8 Å². The fourth-order valence-electron chi connectivity index (χ4n) is 4.39. The van der Waals surface area contributed by atoms with Gasteiger partial charge in [-0.25, -0.2) is 13.1 Å². The van der Waals surface area contributed by atoms with E-state index in [-0.39, 0.29) is 6.04 Å². The van der Waals surface area contributed by atoms with Crippen molar-refractivity contribution in [3.05, 3.63) is 29.6 Å². The lowest BCUT2D eigenvalue weighted by Crippen LogP contribution is -2.46. The molecular formula is C16H17N3O2S2. The van der Waals surface area contributed by atoms with E-state index in [0.29, 0.717) is 15.7 Å². The summed E-state index contributed by atoms with van der Waals surface area (Å²) in [6.45, 7) is 0. The van der Waals surface area contributed by atoms with Crippen LogP contribution in [0.5, 0.6) is 0 Å². The molecule has 2 aromatic rings. The number of hydrogen-bond acceptors (Lipinski definition) is 5. The summed E-state index contributed by atoms with van der Waals surface area (Å²) in [5.41, 5.74) is 2.80. The summed E-state index contributed by atoms with van der Waals surface area (Å²) in [4.78, 5) is 0.322. The largest absolute Gasteiger partial charge is 0.240 e. The quantitative estimate of drug-likeness (QED) is 0.923. The predicted octanol–water partition coefficient (Wildman–Crippen LogP) is 2.82. The van der Waals surface area contributed by atoms with Gasteiger partial charge in [0.05, 0.1) is 4.90 Å². The molecule has 1 heterocycles. The van der Waals surface area contributed by atoms with Crippen molar-refractivity contribution < 1.29 is 8.42 Å². The lowest BCUT2D eigenvalue weighted by atomic mass is 9.75. The Balaban J connectivity index is 1.29. The minimum Gasteiger partial charge on any atom is -0.208 e. The molecule has 7 heteroatoms. The third-order valence-corrected chi connectivity index (χ3v) is 7.99. The third-order valence-electron chi connectivity index (χ3n) is 5.95. The Bertz CT molecular complexity index is 849. The molecule has 0 atom stereocenters. The molecule has 3 aliphatic carbocycles. The first-order chi connectivity index (χ1) is 11.0. The second-order valence-electron chi connectivity index (χ2n) is 7.28. The minimum absolute atomic E-state index is 0.113. The van der Waals surface area contributed by atoms with Gasteiger partial charge in [0.2, 0.25) is 10.0 Å². The number of benzene rings is 1. The lowest BCUT2D eigenvalue weighted by molar-refractivity contribution is 0.194. The van der Waals surface area contributed by atoms with Crippen LogP contribution in [0.1, 0.15) is 32.1 Å². The molecule has 0 unspecified atom stereocenters. The number of aromatic nitrogens is 2. The predicted molar refractivity (Wildman–Crippen MR) is 87.4 cm³/mol. The lowest BCUT2D eigenvalue weighted by Gasteiger charge is -2.37.